The number of fused-ring (bicyclic) bond motifs is 3. The Morgan fingerprint density at radius 1 is 1.15 bits per heavy atom. The van der Waals surface area contributed by atoms with Gasteiger partial charge in [0.15, 0.2) is 0 Å². The van der Waals surface area contributed by atoms with E-state index in [4.69, 9.17) is 0 Å². The highest BCUT2D eigenvalue weighted by molar-refractivity contribution is 9.10. The summed E-state index contributed by atoms with van der Waals surface area (Å²) in [5.74, 6) is 0.559. The zero-order valence-electron chi connectivity index (χ0n) is 16.0. The summed E-state index contributed by atoms with van der Waals surface area (Å²) < 4.78 is 2.76. The molecule has 1 unspecified atom stereocenters. The first-order chi connectivity index (χ1) is 13.0. The van der Waals surface area contributed by atoms with Gasteiger partial charge in [0, 0.05) is 25.4 Å². The van der Waals surface area contributed by atoms with Crippen LogP contribution in [0, 0.1) is 13.8 Å². The molecule has 0 aliphatic heterocycles. The van der Waals surface area contributed by atoms with E-state index in [0.29, 0.717) is 5.92 Å². The molecule has 1 atom stereocenters. The van der Waals surface area contributed by atoms with E-state index in [1.165, 1.54) is 53.7 Å². The van der Waals surface area contributed by atoms with Gasteiger partial charge < -0.3 is 0 Å². The molecule has 0 radical (unpaired) electrons. The highest BCUT2D eigenvalue weighted by atomic mass is 79.9. The fourth-order valence-corrected chi connectivity index (χ4v) is 6.90. The lowest BCUT2D eigenvalue weighted by Crippen LogP contribution is -1.95. The second-order valence-electron chi connectivity index (χ2n) is 7.94. The number of rotatable bonds is 3. The molecule has 0 N–H and O–H groups in total. The first kappa shape index (κ1) is 17.5. The van der Waals surface area contributed by atoms with E-state index < -0.39 is 0 Å². The Labute approximate surface area is 173 Å². The lowest BCUT2D eigenvalue weighted by atomic mass is 9.91. The molecule has 0 spiro atoms. The van der Waals surface area contributed by atoms with Crippen LogP contribution in [0.2, 0.25) is 0 Å². The third-order valence-electron chi connectivity index (χ3n) is 6.39. The number of thiophene rings is 1. The number of benzene rings is 2. The fraction of sp³-hybridized carbons (Fsp3) is 0.280. The Kier molecular flexibility index (Phi) is 4.18. The molecule has 0 bridgehead atoms. The molecule has 0 fully saturated rings. The van der Waals surface area contributed by atoms with E-state index in [0.717, 1.165) is 12.8 Å². The summed E-state index contributed by atoms with van der Waals surface area (Å²) in [5, 5.41) is 1.43. The van der Waals surface area contributed by atoms with Crippen molar-refractivity contribution in [2.45, 2.75) is 46.0 Å². The molecule has 2 aromatic carbocycles. The summed E-state index contributed by atoms with van der Waals surface area (Å²) in [6.45, 7) is 6.82. The van der Waals surface area contributed by atoms with Crippen molar-refractivity contribution in [3.63, 3.8) is 0 Å². The summed E-state index contributed by atoms with van der Waals surface area (Å²) in [5.41, 5.74) is 10.4. The normalized spacial score (nSPS) is 17.9. The zero-order valence-corrected chi connectivity index (χ0v) is 18.4. The predicted molar refractivity (Wildman–Crippen MR) is 123 cm³/mol. The molecule has 5 rings (SSSR count). The van der Waals surface area contributed by atoms with Crippen LogP contribution in [0.4, 0.5) is 0 Å². The summed E-state index contributed by atoms with van der Waals surface area (Å²) in [7, 11) is 0. The summed E-state index contributed by atoms with van der Waals surface area (Å²) in [6.07, 6.45) is 8.12. The van der Waals surface area contributed by atoms with Gasteiger partial charge in [-0.15, -0.1) is 11.3 Å². The Balaban J connectivity index is 1.48. The van der Waals surface area contributed by atoms with Crippen LogP contribution in [-0.2, 0) is 6.42 Å². The van der Waals surface area contributed by atoms with E-state index >= 15 is 0 Å². The third-order valence-corrected chi connectivity index (χ3v) is 8.42. The van der Waals surface area contributed by atoms with Crippen molar-refractivity contribution in [3.8, 4) is 0 Å². The van der Waals surface area contributed by atoms with Crippen molar-refractivity contribution in [1.29, 1.82) is 0 Å². The maximum atomic E-state index is 3.96. The van der Waals surface area contributed by atoms with E-state index in [9.17, 15) is 0 Å². The first-order valence-electron chi connectivity index (χ1n) is 9.71. The average molecular weight is 435 g/mol. The Hall–Kier alpha value is -1.64. The molecule has 3 aromatic rings. The van der Waals surface area contributed by atoms with Crippen molar-refractivity contribution in [1.82, 2.24) is 0 Å². The van der Waals surface area contributed by atoms with Crippen molar-refractivity contribution in [2.75, 3.05) is 0 Å². The Bertz CT molecular complexity index is 1140. The van der Waals surface area contributed by atoms with Gasteiger partial charge in [0.05, 0.1) is 0 Å². The largest absolute Gasteiger partial charge is 0.140 e. The molecule has 1 heterocycles. The number of allylic oxidation sites excluding steroid dienone is 3. The molecular formula is C25H23BrS. The lowest BCUT2D eigenvalue weighted by Gasteiger charge is -2.14. The molecule has 2 heteroatoms. The number of halogens is 1. The smallest absolute Gasteiger partial charge is 0.0365 e. The van der Waals surface area contributed by atoms with Crippen molar-refractivity contribution in [3.05, 3.63) is 79.1 Å². The minimum Gasteiger partial charge on any atom is -0.140 e. The molecule has 2 aliphatic carbocycles. The van der Waals surface area contributed by atoms with E-state index in [2.05, 4.69) is 79.2 Å². The quantitative estimate of drug-likeness (QED) is 0.389. The van der Waals surface area contributed by atoms with E-state index in [1.807, 2.05) is 11.3 Å². The van der Waals surface area contributed by atoms with Gasteiger partial charge in [0.2, 0.25) is 0 Å². The average Bonchev–Trinajstić information content (AvgIpc) is 3.29. The molecule has 136 valence electrons. The van der Waals surface area contributed by atoms with Crippen LogP contribution >= 0.6 is 27.3 Å². The lowest BCUT2D eigenvalue weighted by molar-refractivity contribution is 0.767. The second-order valence-corrected chi connectivity index (χ2v) is 9.99. The highest BCUT2D eigenvalue weighted by Crippen LogP contribution is 2.47. The van der Waals surface area contributed by atoms with Gasteiger partial charge in [-0.1, -0.05) is 42.0 Å². The van der Waals surface area contributed by atoms with E-state index in [-0.39, 0.29) is 0 Å². The van der Waals surface area contributed by atoms with Crippen molar-refractivity contribution < 1.29 is 0 Å². The van der Waals surface area contributed by atoms with E-state index in [1.54, 1.807) is 11.1 Å². The van der Waals surface area contributed by atoms with Crippen LogP contribution in [0.5, 0.6) is 0 Å². The standard InChI is InChI=1S/C25H23BrS/c1-14-12-22-21(13-23-24(25(22)26)15(2)16(3)27-23)19(14)11-10-18-9-8-17-6-4-5-7-20(17)18/h4-9,13,18H,10-12H2,1-3H3. The van der Waals surface area contributed by atoms with Crippen LogP contribution in [0.15, 0.2) is 46.5 Å². The molecule has 27 heavy (non-hydrogen) atoms. The highest BCUT2D eigenvalue weighted by Gasteiger charge is 2.26. The molecule has 0 nitrogen and oxygen atoms in total. The topological polar surface area (TPSA) is 0 Å². The summed E-state index contributed by atoms with van der Waals surface area (Å²) in [6, 6.07) is 11.3. The van der Waals surface area contributed by atoms with Gasteiger partial charge in [-0.3, -0.25) is 0 Å². The van der Waals surface area contributed by atoms with Crippen LogP contribution < -0.4 is 0 Å². The second kappa shape index (κ2) is 6.46. The molecule has 2 aliphatic rings. The minimum atomic E-state index is 0.559. The fourth-order valence-electron chi connectivity index (χ4n) is 4.78. The Morgan fingerprint density at radius 3 is 2.81 bits per heavy atom. The maximum Gasteiger partial charge on any atom is 0.0365 e. The van der Waals surface area contributed by atoms with Crippen LogP contribution in [0.1, 0.15) is 58.4 Å². The molecule has 1 aromatic heterocycles. The number of hydrogen-bond acceptors (Lipinski definition) is 1. The van der Waals surface area contributed by atoms with Gasteiger partial charge in [-0.2, -0.15) is 0 Å². The van der Waals surface area contributed by atoms with Crippen LogP contribution in [-0.4, -0.2) is 0 Å². The van der Waals surface area contributed by atoms with Gasteiger partial charge >= 0.3 is 0 Å². The van der Waals surface area contributed by atoms with Crippen LogP contribution in [0.25, 0.3) is 21.7 Å². The number of hydrogen-bond donors (Lipinski definition) is 0. The molecule has 0 saturated carbocycles. The Morgan fingerprint density at radius 2 is 1.96 bits per heavy atom. The first-order valence-corrected chi connectivity index (χ1v) is 11.3. The molecule has 0 saturated heterocycles. The van der Waals surface area contributed by atoms with Gasteiger partial charge in [0.25, 0.3) is 0 Å². The number of aryl methyl sites for hydroxylation is 2. The SMILES string of the molecule is CC1=C(CCC2C=Cc3ccccc32)c2cc3sc(C)c(C)c3c(Br)c2C1. The summed E-state index contributed by atoms with van der Waals surface area (Å²) in [4.78, 5) is 1.43. The van der Waals surface area contributed by atoms with Gasteiger partial charge in [0.1, 0.15) is 0 Å². The van der Waals surface area contributed by atoms with Crippen molar-refractivity contribution >= 4 is 49.0 Å². The third kappa shape index (κ3) is 2.68. The molecular weight excluding hydrogens is 412 g/mol. The van der Waals surface area contributed by atoms with Crippen molar-refractivity contribution in [2.24, 2.45) is 0 Å². The van der Waals surface area contributed by atoms with Crippen LogP contribution in [0.3, 0.4) is 0 Å². The molecule has 0 amide bonds. The van der Waals surface area contributed by atoms with Gasteiger partial charge in [-0.05, 0) is 95.4 Å². The maximum absolute atomic E-state index is 3.96. The minimum absolute atomic E-state index is 0.559. The predicted octanol–water partition coefficient (Wildman–Crippen LogP) is 8.20. The monoisotopic (exact) mass is 434 g/mol. The zero-order chi connectivity index (χ0) is 18.7. The summed E-state index contributed by atoms with van der Waals surface area (Å²) >= 11 is 5.89. The van der Waals surface area contributed by atoms with Gasteiger partial charge in [-0.25, -0.2) is 0 Å².